The number of nitrogens with one attached hydrogen (secondary N) is 1. The molecule has 0 bridgehead atoms. The molecule has 2 N–H and O–H groups in total. The van der Waals surface area contributed by atoms with Gasteiger partial charge in [-0.15, -0.1) is 11.3 Å². The van der Waals surface area contributed by atoms with E-state index in [4.69, 9.17) is 4.42 Å². The van der Waals surface area contributed by atoms with E-state index in [-0.39, 0.29) is 22.5 Å². The Bertz CT molecular complexity index is 1060. The highest BCUT2D eigenvalue weighted by Crippen LogP contribution is 2.44. The van der Waals surface area contributed by atoms with Crippen molar-refractivity contribution in [2.45, 2.75) is 44.1 Å². The minimum atomic E-state index is -0.487. The van der Waals surface area contributed by atoms with Gasteiger partial charge in [0.05, 0.1) is 11.5 Å². The first-order chi connectivity index (χ1) is 13.5. The summed E-state index contributed by atoms with van der Waals surface area (Å²) < 4.78 is 5.65. The number of aliphatic hydroxyl groups excluding tert-OH is 1. The molecule has 0 spiro atoms. The summed E-state index contributed by atoms with van der Waals surface area (Å²) in [5.74, 6) is -0.339. The Balaban J connectivity index is 1.56. The van der Waals surface area contributed by atoms with Crippen LogP contribution < -0.4 is 10.7 Å². The van der Waals surface area contributed by atoms with E-state index in [2.05, 4.69) is 11.4 Å². The highest BCUT2D eigenvalue weighted by atomic mass is 32.1. The van der Waals surface area contributed by atoms with Crippen molar-refractivity contribution in [3.8, 4) is 0 Å². The summed E-state index contributed by atoms with van der Waals surface area (Å²) >= 11 is 1.61. The molecule has 5 nitrogen and oxygen atoms in total. The molecule has 0 radical (unpaired) electrons. The standard InChI is InChI=1S/C22H23NO4S/c1-14(24)19-8-9-20(28-19)22(10-4-5-11-22)13-23-21(26)18-12-16(25)15-6-2-3-7-17(15)27-18/h2-3,6-9,12,14,24H,4-5,10-11,13H2,1H3,(H,23,26)/t14-/m1/s1. The fourth-order valence-electron chi connectivity index (χ4n) is 3.98. The average molecular weight is 397 g/mol. The largest absolute Gasteiger partial charge is 0.451 e. The summed E-state index contributed by atoms with van der Waals surface area (Å²) in [4.78, 5) is 27.1. The number of amides is 1. The number of benzene rings is 1. The van der Waals surface area contributed by atoms with Crippen LogP contribution >= 0.6 is 11.3 Å². The molecule has 2 heterocycles. The van der Waals surface area contributed by atoms with Gasteiger partial charge in [-0.3, -0.25) is 9.59 Å². The Hall–Kier alpha value is -2.44. The lowest BCUT2D eigenvalue weighted by atomic mass is 9.84. The number of hydrogen-bond acceptors (Lipinski definition) is 5. The van der Waals surface area contributed by atoms with Gasteiger partial charge in [0, 0.05) is 27.8 Å². The third kappa shape index (κ3) is 3.50. The molecule has 2 aromatic heterocycles. The van der Waals surface area contributed by atoms with Crippen LogP contribution in [0, 0.1) is 0 Å². The van der Waals surface area contributed by atoms with Gasteiger partial charge in [-0.2, -0.15) is 0 Å². The first kappa shape index (κ1) is 18.9. The van der Waals surface area contributed by atoms with Gasteiger partial charge in [0.25, 0.3) is 5.91 Å². The van der Waals surface area contributed by atoms with E-state index >= 15 is 0 Å². The number of fused-ring (bicyclic) bond motifs is 1. The fourth-order valence-corrected chi connectivity index (χ4v) is 5.17. The molecule has 1 aliphatic rings. The monoisotopic (exact) mass is 397 g/mol. The zero-order valence-corrected chi connectivity index (χ0v) is 16.6. The molecular weight excluding hydrogens is 374 g/mol. The Labute approximate surface area is 167 Å². The number of aliphatic hydroxyl groups is 1. The van der Waals surface area contributed by atoms with E-state index in [1.165, 1.54) is 10.9 Å². The Morgan fingerprint density at radius 3 is 2.71 bits per heavy atom. The van der Waals surface area contributed by atoms with Crippen molar-refractivity contribution < 1.29 is 14.3 Å². The van der Waals surface area contributed by atoms with Gasteiger partial charge in [0.1, 0.15) is 5.58 Å². The summed E-state index contributed by atoms with van der Waals surface area (Å²) in [5.41, 5.74) is 0.0721. The van der Waals surface area contributed by atoms with Crippen molar-refractivity contribution in [1.82, 2.24) is 5.32 Å². The van der Waals surface area contributed by atoms with Gasteiger partial charge >= 0.3 is 0 Å². The zero-order valence-electron chi connectivity index (χ0n) is 15.7. The van der Waals surface area contributed by atoms with E-state index in [0.717, 1.165) is 30.6 Å². The maximum Gasteiger partial charge on any atom is 0.287 e. The molecule has 0 aliphatic heterocycles. The van der Waals surface area contributed by atoms with Crippen LogP contribution in [0.3, 0.4) is 0 Å². The fraction of sp³-hybridized carbons (Fsp3) is 0.364. The highest BCUT2D eigenvalue weighted by molar-refractivity contribution is 7.12. The zero-order chi connectivity index (χ0) is 19.7. The lowest BCUT2D eigenvalue weighted by Gasteiger charge is -2.28. The number of carbonyl (C=O) groups is 1. The molecule has 146 valence electrons. The highest BCUT2D eigenvalue weighted by Gasteiger charge is 2.37. The summed E-state index contributed by atoms with van der Waals surface area (Å²) in [6, 6.07) is 12.2. The van der Waals surface area contributed by atoms with Gasteiger partial charge < -0.3 is 14.8 Å². The third-order valence-electron chi connectivity index (χ3n) is 5.57. The molecule has 1 aromatic carbocycles. The predicted molar refractivity (Wildman–Crippen MR) is 110 cm³/mol. The molecule has 1 saturated carbocycles. The molecular formula is C22H23NO4S. The topological polar surface area (TPSA) is 79.5 Å². The van der Waals surface area contributed by atoms with Crippen molar-refractivity contribution >= 4 is 28.2 Å². The molecule has 1 aliphatic carbocycles. The van der Waals surface area contributed by atoms with Gasteiger partial charge in [-0.05, 0) is 44.0 Å². The van der Waals surface area contributed by atoms with Crippen molar-refractivity contribution in [3.05, 3.63) is 68.2 Å². The molecule has 1 atom stereocenters. The van der Waals surface area contributed by atoms with Crippen LogP contribution in [-0.4, -0.2) is 17.6 Å². The SMILES string of the molecule is C[C@@H](O)c1ccc(C2(CNC(=O)c3cc(=O)c4ccccc4o3)CCCC2)s1. The van der Waals surface area contributed by atoms with Crippen LogP contribution in [0.2, 0.25) is 0 Å². The number of rotatable bonds is 5. The normalized spacial score (nSPS) is 16.9. The number of para-hydroxylation sites is 1. The Morgan fingerprint density at radius 2 is 2.00 bits per heavy atom. The van der Waals surface area contributed by atoms with Gasteiger partial charge in [0.15, 0.2) is 11.2 Å². The van der Waals surface area contributed by atoms with Crippen LogP contribution in [-0.2, 0) is 5.41 Å². The van der Waals surface area contributed by atoms with Crippen molar-refractivity contribution in [2.75, 3.05) is 6.54 Å². The van der Waals surface area contributed by atoms with Gasteiger partial charge in [0.2, 0.25) is 0 Å². The first-order valence-electron chi connectivity index (χ1n) is 9.58. The molecule has 3 aromatic rings. The third-order valence-corrected chi connectivity index (χ3v) is 7.07. The average Bonchev–Trinajstić information content (AvgIpc) is 3.36. The second-order valence-electron chi connectivity index (χ2n) is 7.52. The summed E-state index contributed by atoms with van der Waals surface area (Å²) in [6.07, 6.45) is 3.73. The van der Waals surface area contributed by atoms with Crippen LogP contribution in [0.15, 0.2) is 51.7 Å². The van der Waals surface area contributed by atoms with Gasteiger partial charge in [-0.1, -0.05) is 25.0 Å². The van der Waals surface area contributed by atoms with Crippen LogP contribution in [0.5, 0.6) is 0 Å². The van der Waals surface area contributed by atoms with E-state index < -0.39 is 6.10 Å². The number of thiophene rings is 1. The summed E-state index contributed by atoms with van der Waals surface area (Å²) in [5, 5.41) is 13.3. The van der Waals surface area contributed by atoms with Crippen molar-refractivity contribution in [2.24, 2.45) is 0 Å². The smallest absolute Gasteiger partial charge is 0.287 e. The molecule has 0 saturated heterocycles. The molecule has 1 amide bonds. The van der Waals surface area contributed by atoms with E-state index in [1.807, 2.05) is 6.07 Å². The first-order valence-corrected chi connectivity index (χ1v) is 10.4. The molecule has 6 heteroatoms. The number of hydrogen-bond donors (Lipinski definition) is 2. The molecule has 0 unspecified atom stereocenters. The Kier molecular flexibility index (Phi) is 5.08. The maximum atomic E-state index is 12.7. The second kappa shape index (κ2) is 7.53. The summed E-state index contributed by atoms with van der Waals surface area (Å²) in [7, 11) is 0. The van der Waals surface area contributed by atoms with Crippen molar-refractivity contribution in [1.29, 1.82) is 0 Å². The minimum absolute atomic E-state index is 0.0349. The molecule has 28 heavy (non-hydrogen) atoms. The van der Waals surface area contributed by atoms with Gasteiger partial charge in [-0.25, -0.2) is 0 Å². The van der Waals surface area contributed by atoms with Crippen molar-refractivity contribution in [3.63, 3.8) is 0 Å². The van der Waals surface area contributed by atoms with E-state index in [1.54, 1.807) is 42.5 Å². The van der Waals surface area contributed by atoms with Crippen LogP contribution in [0.1, 0.15) is 59.0 Å². The lowest BCUT2D eigenvalue weighted by molar-refractivity contribution is 0.0916. The van der Waals surface area contributed by atoms with E-state index in [9.17, 15) is 14.7 Å². The maximum absolute atomic E-state index is 12.7. The lowest BCUT2D eigenvalue weighted by Crippen LogP contribution is -2.38. The minimum Gasteiger partial charge on any atom is -0.451 e. The predicted octanol–water partition coefficient (Wildman–Crippen LogP) is 4.15. The van der Waals surface area contributed by atoms with E-state index in [0.29, 0.717) is 17.5 Å². The second-order valence-corrected chi connectivity index (χ2v) is 8.63. The van der Waals surface area contributed by atoms with Crippen LogP contribution in [0.4, 0.5) is 0 Å². The quantitative estimate of drug-likeness (QED) is 0.678. The molecule has 1 fully saturated rings. The summed E-state index contributed by atoms with van der Waals surface area (Å²) in [6.45, 7) is 2.25. The number of carbonyl (C=O) groups excluding carboxylic acids is 1. The van der Waals surface area contributed by atoms with Crippen LogP contribution in [0.25, 0.3) is 11.0 Å². The Morgan fingerprint density at radius 1 is 1.25 bits per heavy atom. The molecule has 4 rings (SSSR count).